The zero-order valence-electron chi connectivity index (χ0n) is 11.8. The van der Waals surface area contributed by atoms with Crippen molar-refractivity contribution in [2.24, 2.45) is 0 Å². The van der Waals surface area contributed by atoms with Gasteiger partial charge in [-0.25, -0.2) is 4.79 Å². The summed E-state index contributed by atoms with van der Waals surface area (Å²) in [4.78, 5) is 11.6. The number of rotatable bonds is 9. The molecule has 0 aromatic heterocycles. The van der Waals surface area contributed by atoms with Crippen LogP contribution in [-0.2, 0) is 16.1 Å². The fourth-order valence-electron chi connectivity index (χ4n) is 1.62. The van der Waals surface area contributed by atoms with Gasteiger partial charge in [-0.05, 0) is 5.56 Å². The summed E-state index contributed by atoms with van der Waals surface area (Å²) in [7, 11) is 1.62. The van der Waals surface area contributed by atoms with Gasteiger partial charge in [0.1, 0.15) is 6.61 Å². The van der Waals surface area contributed by atoms with Crippen LogP contribution in [0.4, 0.5) is 4.79 Å². The lowest BCUT2D eigenvalue weighted by atomic mass is 10.2. The molecular weight excluding hydrogens is 256 g/mol. The monoisotopic (exact) mass is 278 g/mol. The van der Waals surface area contributed by atoms with Gasteiger partial charge in [-0.2, -0.15) is 0 Å². The van der Waals surface area contributed by atoms with Gasteiger partial charge in [0, 0.05) is 26.2 Å². The molecule has 0 radical (unpaired) electrons. The smallest absolute Gasteiger partial charge is 0.407 e. The molecule has 0 bridgehead atoms. The molecule has 0 heterocycles. The van der Waals surface area contributed by atoms with E-state index in [1.54, 1.807) is 13.2 Å². The van der Waals surface area contributed by atoms with Crippen molar-refractivity contribution in [2.75, 3.05) is 26.8 Å². The minimum Gasteiger partial charge on any atom is -0.445 e. The molecule has 0 aliphatic rings. The van der Waals surface area contributed by atoms with Crippen molar-refractivity contribution in [3.63, 3.8) is 0 Å². The van der Waals surface area contributed by atoms with Crippen LogP contribution >= 0.6 is 0 Å². The lowest BCUT2D eigenvalue weighted by Gasteiger charge is -2.17. The molecule has 20 heavy (non-hydrogen) atoms. The first-order valence-corrected chi connectivity index (χ1v) is 6.54. The molecule has 2 N–H and O–H groups in total. The van der Waals surface area contributed by atoms with Crippen molar-refractivity contribution in [2.45, 2.75) is 12.6 Å². The molecule has 0 spiro atoms. The van der Waals surface area contributed by atoms with Crippen molar-refractivity contribution in [3.8, 4) is 0 Å². The Labute approximate surface area is 120 Å². The second-order valence-corrected chi connectivity index (χ2v) is 4.29. The number of benzene rings is 1. The highest BCUT2D eigenvalue weighted by molar-refractivity contribution is 5.67. The molecule has 0 unspecified atom stereocenters. The Hall–Kier alpha value is -1.85. The van der Waals surface area contributed by atoms with E-state index in [0.29, 0.717) is 19.7 Å². The van der Waals surface area contributed by atoms with Crippen molar-refractivity contribution in [1.29, 1.82) is 0 Å². The number of hydrogen-bond donors (Lipinski definition) is 2. The van der Waals surface area contributed by atoms with Crippen LogP contribution in [0.5, 0.6) is 0 Å². The third kappa shape index (κ3) is 6.92. The van der Waals surface area contributed by atoms with Gasteiger partial charge >= 0.3 is 6.09 Å². The Morgan fingerprint density at radius 2 is 2.15 bits per heavy atom. The molecule has 5 nitrogen and oxygen atoms in total. The van der Waals surface area contributed by atoms with E-state index in [0.717, 1.165) is 5.56 Å². The molecule has 1 aromatic carbocycles. The number of hydrogen-bond acceptors (Lipinski definition) is 4. The maximum atomic E-state index is 11.6. The summed E-state index contributed by atoms with van der Waals surface area (Å²) in [6.45, 7) is 5.51. The number of alkyl carbamates (subject to hydrolysis) is 1. The standard InChI is InChI=1S/C15H22N2O3/c1-3-9-16-14(12-19-2)10-17-15(18)20-11-13-7-5-4-6-8-13/h3-8,14,16H,1,9-12H2,2H3,(H,17,18)/t14-/m0/s1. The molecule has 5 heteroatoms. The summed E-state index contributed by atoms with van der Waals surface area (Å²) in [6, 6.07) is 9.58. The van der Waals surface area contributed by atoms with Crippen molar-refractivity contribution in [3.05, 3.63) is 48.6 Å². The van der Waals surface area contributed by atoms with E-state index in [2.05, 4.69) is 17.2 Å². The van der Waals surface area contributed by atoms with Crippen molar-refractivity contribution >= 4 is 6.09 Å². The second kappa shape index (κ2) is 10.00. The molecular formula is C15H22N2O3. The van der Waals surface area contributed by atoms with E-state index in [-0.39, 0.29) is 12.6 Å². The van der Waals surface area contributed by atoms with E-state index in [4.69, 9.17) is 9.47 Å². The molecule has 0 saturated carbocycles. The zero-order valence-corrected chi connectivity index (χ0v) is 11.8. The molecule has 1 aromatic rings. The Kier molecular flexibility index (Phi) is 8.10. The van der Waals surface area contributed by atoms with Gasteiger partial charge in [-0.3, -0.25) is 0 Å². The van der Waals surface area contributed by atoms with Gasteiger partial charge in [0.2, 0.25) is 0 Å². The quantitative estimate of drug-likeness (QED) is 0.675. The second-order valence-electron chi connectivity index (χ2n) is 4.29. The van der Waals surface area contributed by atoms with Crippen LogP contribution in [0.15, 0.2) is 43.0 Å². The summed E-state index contributed by atoms with van der Waals surface area (Å²) < 4.78 is 10.2. The van der Waals surface area contributed by atoms with E-state index in [1.807, 2.05) is 30.3 Å². The molecule has 0 fully saturated rings. The molecule has 1 atom stereocenters. The predicted molar refractivity (Wildman–Crippen MR) is 78.5 cm³/mol. The Morgan fingerprint density at radius 1 is 1.40 bits per heavy atom. The largest absolute Gasteiger partial charge is 0.445 e. The summed E-state index contributed by atoms with van der Waals surface area (Å²) in [6.07, 6.45) is 1.33. The van der Waals surface area contributed by atoms with Crippen LogP contribution in [0.1, 0.15) is 5.56 Å². The van der Waals surface area contributed by atoms with Crippen LogP contribution < -0.4 is 10.6 Å². The number of carbonyl (C=O) groups is 1. The normalized spacial score (nSPS) is 11.7. The molecule has 0 aliphatic heterocycles. The minimum absolute atomic E-state index is 0.0299. The maximum absolute atomic E-state index is 11.6. The van der Waals surface area contributed by atoms with Gasteiger partial charge in [-0.1, -0.05) is 36.4 Å². The van der Waals surface area contributed by atoms with Gasteiger partial charge in [0.05, 0.1) is 6.61 Å². The predicted octanol–water partition coefficient (Wildman–Crippen LogP) is 1.70. The average Bonchev–Trinajstić information content (AvgIpc) is 2.49. The fraction of sp³-hybridized carbons (Fsp3) is 0.400. The van der Waals surface area contributed by atoms with Crippen LogP contribution in [0, 0.1) is 0 Å². The van der Waals surface area contributed by atoms with Gasteiger partial charge < -0.3 is 20.1 Å². The van der Waals surface area contributed by atoms with Crippen molar-refractivity contribution < 1.29 is 14.3 Å². The van der Waals surface area contributed by atoms with Gasteiger partial charge in [-0.15, -0.1) is 6.58 Å². The molecule has 110 valence electrons. The summed E-state index contributed by atoms with van der Waals surface area (Å²) in [5.41, 5.74) is 0.959. The van der Waals surface area contributed by atoms with Gasteiger partial charge in [0.25, 0.3) is 0 Å². The summed E-state index contributed by atoms with van der Waals surface area (Å²) in [5.74, 6) is 0. The topological polar surface area (TPSA) is 59.6 Å². The lowest BCUT2D eigenvalue weighted by Crippen LogP contribution is -2.43. The zero-order chi connectivity index (χ0) is 14.6. The lowest BCUT2D eigenvalue weighted by molar-refractivity contribution is 0.132. The average molecular weight is 278 g/mol. The summed E-state index contributed by atoms with van der Waals surface area (Å²) >= 11 is 0. The molecule has 1 amide bonds. The van der Waals surface area contributed by atoms with Crippen LogP contribution in [0.2, 0.25) is 0 Å². The van der Waals surface area contributed by atoms with Crippen LogP contribution in [0.3, 0.4) is 0 Å². The highest BCUT2D eigenvalue weighted by Crippen LogP contribution is 2.00. The first-order chi connectivity index (χ1) is 9.76. The first kappa shape index (κ1) is 16.2. The first-order valence-electron chi connectivity index (χ1n) is 6.54. The molecule has 0 saturated heterocycles. The maximum Gasteiger partial charge on any atom is 0.407 e. The summed E-state index contributed by atoms with van der Waals surface area (Å²) in [5, 5.41) is 5.89. The number of methoxy groups -OCH3 is 1. The highest BCUT2D eigenvalue weighted by Gasteiger charge is 2.09. The van der Waals surface area contributed by atoms with E-state index in [9.17, 15) is 4.79 Å². The van der Waals surface area contributed by atoms with Crippen LogP contribution in [0.25, 0.3) is 0 Å². The SMILES string of the molecule is C=CCN[C@@H](CNC(=O)OCc1ccccc1)COC. The third-order valence-electron chi connectivity index (χ3n) is 2.62. The highest BCUT2D eigenvalue weighted by atomic mass is 16.5. The molecule has 0 aliphatic carbocycles. The number of carbonyl (C=O) groups excluding carboxylic acids is 1. The fourth-order valence-corrected chi connectivity index (χ4v) is 1.62. The molecule has 1 rings (SSSR count). The van der Waals surface area contributed by atoms with E-state index >= 15 is 0 Å². The van der Waals surface area contributed by atoms with Gasteiger partial charge in [0.15, 0.2) is 0 Å². The third-order valence-corrected chi connectivity index (χ3v) is 2.62. The Bertz CT molecular complexity index is 395. The van der Waals surface area contributed by atoms with Crippen LogP contribution in [-0.4, -0.2) is 38.9 Å². The van der Waals surface area contributed by atoms with Crippen molar-refractivity contribution in [1.82, 2.24) is 10.6 Å². The van der Waals surface area contributed by atoms with E-state index < -0.39 is 6.09 Å². The number of ether oxygens (including phenoxy) is 2. The Balaban J connectivity index is 2.24. The Morgan fingerprint density at radius 3 is 2.80 bits per heavy atom. The number of amides is 1. The van der Waals surface area contributed by atoms with E-state index in [1.165, 1.54) is 0 Å². The minimum atomic E-state index is -0.435. The number of nitrogens with one attached hydrogen (secondary N) is 2.